The minimum absolute atomic E-state index is 0.0770. The molecule has 0 aromatic heterocycles. The van der Waals surface area contributed by atoms with Gasteiger partial charge in [0.2, 0.25) is 15.9 Å². The fourth-order valence-electron chi connectivity index (χ4n) is 4.86. The molecular weight excluding hydrogens is 362 g/mol. The van der Waals surface area contributed by atoms with E-state index in [9.17, 15) is 13.2 Å². The van der Waals surface area contributed by atoms with Gasteiger partial charge < -0.3 is 5.32 Å². The molecule has 0 bridgehead atoms. The third kappa shape index (κ3) is 3.77. The Bertz CT molecular complexity index is 810. The van der Waals surface area contributed by atoms with Crippen molar-refractivity contribution in [2.45, 2.75) is 62.4 Å². The topological polar surface area (TPSA) is 69.7 Å². The van der Waals surface area contributed by atoms with Crippen LogP contribution in [0, 0.1) is 0 Å². The lowest BCUT2D eigenvalue weighted by molar-refractivity contribution is -0.119. The van der Waals surface area contributed by atoms with E-state index in [-0.39, 0.29) is 11.9 Å². The van der Waals surface area contributed by atoms with Gasteiger partial charge in [0.05, 0.1) is 10.9 Å². The highest BCUT2D eigenvalue weighted by atomic mass is 32.2. The lowest BCUT2D eigenvalue weighted by Crippen LogP contribution is -2.51. The van der Waals surface area contributed by atoms with Crippen LogP contribution in [0.15, 0.2) is 23.1 Å². The number of carbonyl (C=O) groups is 1. The number of nitrogens with one attached hydrogen (secondary N) is 1. The number of fused-ring (bicyclic) bond motifs is 1. The number of piperazine rings is 1. The van der Waals surface area contributed by atoms with Gasteiger partial charge >= 0.3 is 0 Å². The van der Waals surface area contributed by atoms with E-state index in [0.29, 0.717) is 24.0 Å². The second-order valence-electron chi connectivity index (χ2n) is 8.03. The predicted octanol–water partition coefficient (Wildman–Crippen LogP) is 2.06. The monoisotopic (exact) mass is 391 g/mol. The van der Waals surface area contributed by atoms with Crippen molar-refractivity contribution in [3.05, 3.63) is 29.3 Å². The van der Waals surface area contributed by atoms with Crippen molar-refractivity contribution in [1.29, 1.82) is 0 Å². The lowest BCUT2D eigenvalue weighted by atomic mass is 10.1. The molecule has 27 heavy (non-hydrogen) atoms. The van der Waals surface area contributed by atoms with E-state index in [4.69, 9.17) is 0 Å². The molecule has 1 amide bonds. The summed E-state index contributed by atoms with van der Waals surface area (Å²) in [5.41, 5.74) is 2.09. The highest BCUT2D eigenvalue weighted by molar-refractivity contribution is 7.89. The summed E-state index contributed by atoms with van der Waals surface area (Å²) in [5, 5.41) is 2.94. The normalized spacial score (nSPS) is 24.9. The SMILES string of the molecule is CC(=O)N[C@H]1CCc2ccc(S(=O)(=O)N3CCN(C4CCCC4)CC3)cc21. The Morgan fingerprint density at radius 3 is 2.44 bits per heavy atom. The molecule has 1 saturated carbocycles. The van der Waals surface area contributed by atoms with E-state index >= 15 is 0 Å². The molecule has 1 aromatic rings. The Balaban J connectivity index is 1.49. The molecule has 1 N–H and O–H groups in total. The Hall–Kier alpha value is -1.44. The standard InChI is InChI=1S/C20H29N3O3S/c1-15(24)21-20-9-7-16-6-8-18(14-19(16)20)27(25,26)23-12-10-22(11-13-23)17-4-2-3-5-17/h6,8,14,17,20H,2-5,7,9-13H2,1H3,(H,21,24)/t20-/m0/s1. The Morgan fingerprint density at radius 1 is 1.07 bits per heavy atom. The fraction of sp³-hybridized carbons (Fsp3) is 0.650. The van der Waals surface area contributed by atoms with Crippen molar-refractivity contribution in [2.24, 2.45) is 0 Å². The van der Waals surface area contributed by atoms with Crippen LogP contribution in [0.2, 0.25) is 0 Å². The van der Waals surface area contributed by atoms with Crippen LogP contribution >= 0.6 is 0 Å². The number of nitrogens with zero attached hydrogens (tertiary/aromatic N) is 2. The summed E-state index contributed by atoms with van der Waals surface area (Å²) >= 11 is 0. The molecule has 0 radical (unpaired) electrons. The van der Waals surface area contributed by atoms with E-state index in [0.717, 1.165) is 37.1 Å². The first-order chi connectivity index (χ1) is 12.9. The van der Waals surface area contributed by atoms with Gasteiger partial charge in [-0.15, -0.1) is 0 Å². The van der Waals surface area contributed by atoms with Gasteiger partial charge in [-0.3, -0.25) is 9.69 Å². The number of aryl methyl sites for hydroxylation is 1. The van der Waals surface area contributed by atoms with Gasteiger partial charge in [-0.25, -0.2) is 8.42 Å². The first-order valence-corrected chi connectivity index (χ1v) is 11.5. The second-order valence-corrected chi connectivity index (χ2v) is 9.97. The summed E-state index contributed by atoms with van der Waals surface area (Å²) in [4.78, 5) is 14.3. The van der Waals surface area contributed by atoms with Crippen LogP contribution in [-0.2, 0) is 21.2 Å². The summed E-state index contributed by atoms with van der Waals surface area (Å²) in [6, 6.07) is 5.99. The maximum absolute atomic E-state index is 13.2. The molecule has 1 aromatic carbocycles. The van der Waals surface area contributed by atoms with Crippen molar-refractivity contribution in [3.63, 3.8) is 0 Å². The average molecular weight is 392 g/mol. The van der Waals surface area contributed by atoms with Crippen LogP contribution in [0.25, 0.3) is 0 Å². The van der Waals surface area contributed by atoms with Gasteiger partial charge in [0.15, 0.2) is 0 Å². The zero-order chi connectivity index (χ0) is 19.0. The number of sulfonamides is 1. The van der Waals surface area contributed by atoms with Crippen LogP contribution in [-0.4, -0.2) is 55.8 Å². The van der Waals surface area contributed by atoms with Crippen LogP contribution in [0.1, 0.15) is 56.2 Å². The van der Waals surface area contributed by atoms with Gasteiger partial charge in [-0.1, -0.05) is 18.9 Å². The molecule has 3 aliphatic rings. The molecule has 2 aliphatic carbocycles. The summed E-state index contributed by atoms with van der Waals surface area (Å²) in [6.45, 7) is 4.27. The third-order valence-electron chi connectivity index (χ3n) is 6.32. The smallest absolute Gasteiger partial charge is 0.243 e. The largest absolute Gasteiger partial charge is 0.350 e. The van der Waals surface area contributed by atoms with Crippen LogP contribution in [0.3, 0.4) is 0 Å². The number of benzene rings is 1. The molecule has 4 rings (SSSR count). The first kappa shape index (κ1) is 18.9. The Kier molecular flexibility index (Phi) is 5.27. The highest BCUT2D eigenvalue weighted by Crippen LogP contribution is 2.34. The second kappa shape index (κ2) is 7.53. The molecule has 1 atom stereocenters. The number of amides is 1. The number of hydrogen-bond donors (Lipinski definition) is 1. The molecule has 2 fully saturated rings. The van der Waals surface area contributed by atoms with Crippen molar-refractivity contribution in [3.8, 4) is 0 Å². The van der Waals surface area contributed by atoms with Gasteiger partial charge in [0.1, 0.15) is 0 Å². The zero-order valence-electron chi connectivity index (χ0n) is 16.0. The van der Waals surface area contributed by atoms with E-state index in [1.165, 1.54) is 32.6 Å². The molecular formula is C20H29N3O3S. The Morgan fingerprint density at radius 2 is 1.78 bits per heavy atom. The van der Waals surface area contributed by atoms with Crippen molar-refractivity contribution < 1.29 is 13.2 Å². The minimum Gasteiger partial charge on any atom is -0.350 e. The van der Waals surface area contributed by atoms with Gasteiger partial charge in [-0.2, -0.15) is 4.31 Å². The number of hydrogen-bond acceptors (Lipinski definition) is 4. The number of carbonyl (C=O) groups excluding carboxylic acids is 1. The maximum Gasteiger partial charge on any atom is 0.243 e. The van der Waals surface area contributed by atoms with E-state index in [2.05, 4.69) is 10.2 Å². The van der Waals surface area contributed by atoms with E-state index in [1.54, 1.807) is 16.4 Å². The molecule has 1 heterocycles. The molecule has 1 aliphatic heterocycles. The summed E-state index contributed by atoms with van der Waals surface area (Å²) in [6.07, 6.45) is 6.81. The molecule has 6 nitrogen and oxygen atoms in total. The van der Waals surface area contributed by atoms with Gasteiger partial charge in [-0.05, 0) is 48.9 Å². The predicted molar refractivity (Wildman–Crippen MR) is 104 cm³/mol. The zero-order valence-corrected chi connectivity index (χ0v) is 16.8. The molecule has 0 spiro atoms. The molecule has 0 unspecified atom stereocenters. The summed E-state index contributed by atoms with van der Waals surface area (Å²) in [7, 11) is -3.49. The Labute approximate surface area is 162 Å². The van der Waals surface area contributed by atoms with Crippen LogP contribution in [0.5, 0.6) is 0 Å². The molecule has 1 saturated heterocycles. The van der Waals surface area contributed by atoms with E-state index < -0.39 is 10.0 Å². The quantitative estimate of drug-likeness (QED) is 0.853. The van der Waals surface area contributed by atoms with Gasteiger partial charge in [0, 0.05) is 39.1 Å². The number of rotatable bonds is 4. The van der Waals surface area contributed by atoms with Crippen molar-refractivity contribution >= 4 is 15.9 Å². The third-order valence-corrected chi connectivity index (χ3v) is 8.22. The van der Waals surface area contributed by atoms with E-state index in [1.807, 2.05) is 6.07 Å². The minimum atomic E-state index is -3.49. The summed E-state index contributed by atoms with van der Waals surface area (Å²) < 4.78 is 28.0. The maximum atomic E-state index is 13.2. The molecule has 7 heteroatoms. The van der Waals surface area contributed by atoms with Crippen molar-refractivity contribution in [1.82, 2.24) is 14.5 Å². The lowest BCUT2D eigenvalue weighted by Gasteiger charge is -2.37. The fourth-order valence-corrected chi connectivity index (χ4v) is 6.32. The first-order valence-electron chi connectivity index (χ1n) is 10.1. The van der Waals surface area contributed by atoms with Crippen LogP contribution in [0.4, 0.5) is 0 Å². The van der Waals surface area contributed by atoms with Crippen LogP contribution < -0.4 is 5.32 Å². The summed E-state index contributed by atoms with van der Waals surface area (Å²) in [5.74, 6) is -0.0795. The van der Waals surface area contributed by atoms with Gasteiger partial charge in [0.25, 0.3) is 0 Å². The van der Waals surface area contributed by atoms with Crippen molar-refractivity contribution in [2.75, 3.05) is 26.2 Å². The molecule has 148 valence electrons. The average Bonchev–Trinajstić information content (AvgIpc) is 3.31. The highest BCUT2D eigenvalue weighted by Gasteiger charge is 2.33.